The minimum Gasteiger partial charge on any atom is -0.270 e. The number of benzene rings is 1. The molecule has 1 heterocycles. The number of hydrogen-bond acceptors (Lipinski definition) is 2. The van der Waals surface area contributed by atoms with Crippen molar-refractivity contribution in [2.24, 2.45) is 0 Å². The van der Waals surface area contributed by atoms with Gasteiger partial charge in [0.15, 0.2) is 0 Å². The molecule has 0 N–H and O–H groups in total. The van der Waals surface area contributed by atoms with Crippen LogP contribution >= 0.6 is 15.9 Å². The third-order valence-electron chi connectivity index (χ3n) is 2.34. The molecule has 1 aromatic heterocycles. The zero-order valence-corrected chi connectivity index (χ0v) is 10.4. The Bertz CT molecular complexity index is 502. The van der Waals surface area contributed by atoms with Crippen LogP contribution in [0.2, 0.25) is 0 Å². The Morgan fingerprint density at radius 3 is 2.69 bits per heavy atom. The number of nitrogens with zero attached hydrogens (tertiary/aromatic N) is 2. The second-order valence-corrected chi connectivity index (χ2v) is 4.29. The van der Waals surface area contributed by atoms with Crippen molar-refractivity contribution in [3.05, 3.63) is 52.5 Å². The van der Waals surface area contributed by atoms with Crippen molar-refractivity contribution in [1.82, 2.24) is 9.55 Å². The maximum absolute atomic E-state index is 12.1. The average molecular weight is 279 g/mol. The zero-order valence-electron chi connectivity index (χ0n) is 8.85. The van der Waals surface area contributed by atoms with Crippen molar-refractivity contribution in [3.63, 3.8) is 0 Å². The van der Waals surface area contributed by atoms with E-state index in [2.05, 4.69) is 20.9 Å². The fraction of sp³-hybridized carbons (Fsp3) is 0.167. The van der Waals surface area contributed by atoms with Crippen LogP contribution in [0.5, 0.6) is 0 Å². The molecule has 0 saturated heterocycles. The molecule has 0 saturated carbocycles. The van der Waals surface area contributed by atoms with E-state index in [1.165, 1.54) is 0 Å². The van der Waals surface area contributed by atoms with Gasteiger partial charge in [0.25, 0.3) is 5.91 Å². The van der Waals surface area contributed by atoms with Crippen molar-refractivity contribution in [2.45, 2.75) is 13.3 Å². The van der Waals surface area contributed by atoms with Gasteiger partial charge in [0, 0.05) is 28.9 Å². The van der Waals surface area contributed by atoms with Crippen LogP contribution in [0.3, 0.4) is 0 Å². The van der Waals surface area contributed by atoms with Gasteiger partial charge in [-0.05, 0) is 24.3 Å². The Kier molecular flexibility index (Phi) is 3.19. The van der Waals surface area contributed by atoms with Crippen molar-refractivity contribution < 1.29 is 4.79 Å². The van der Waals surface area contributed by atoms with Gasteiger partial charge in [-0.2, -0.15) is 0 Å². The molecular formula is C12H11BrN2O. The molecule has 3 nitrogen and oxygen atoms in total. The van der Waals surface area contributed by atoms with Crippen LogP contribution < -0.4 is 0 Å². The fourth-order valence-electron chi connectivity index (χ4n) is 1.51. The van der Waals surface area contributed by atoms with Gasteiger partial charge in [-0.25, -0.2) is 4.98 Å². The van der Waals surface area contributed by atoms with Crippen LogP contribution in [0.25, 0.3) is 0 Å². The molecule has 0 amide bonds. The van der Waals surface area contributed by atoms with Gasteiger partial charge in [0.05, 0.1) is 0 Å². The molecule has 0 aliphatic carbocycles. The molecule has 0 aliphatic heterocycles. The molecule has 0 radical (unpaired) electrons. The molecule has 82 valence electrons. The van der Waals surface area contributed by atoms with Crippen LogP contribution in [0.4, 0.5) is 0 Å². The Morgan fingerprint density at radius 1 is 1.38 bits per heavy atom. The van der Waals surface area contributed by atoms with Crippen LogP contribution in [-0.4, -0.2) is 15.5 Å². The fourth-order valence-corrected chi connectivity index (χ4v) is 1.78. The summed E-state index contributed by atoms with van der Waals surface area (Å²) in [5, 5.41) is 0. The standard InChI is InChI=1S/C12H11BrN2O/c1-2-11-14-7-8-15(11)12(16)9-3-5-10(13)6-4-9/h3-8H,2H2,1H3. The van der Waals surface area contributed by atoms with E-state index in [0.717, 1.165) is 16.7 Å². The van der Waals surface area contributed by atoms with Crippen LogP contribution in [0, 0.1) is 0 Å². The van der Waals surface area contributed by atoms with Gasteiger partial charge in [-0.3, -0.25) is 9.36 Å². The summed E-state index contributed by atoms with van der Waals surface area (Å²) >= 11 is 3.34. The summed E-state index contributed by atoms with van der Waals surface area (Å²) in [5.74, 6) is 0.745. The van der Waals surface area contributed by atoms with Crippen molar-refractivity contribution in [1.29, 1.82) is 0 Å². The number of aromatic nitrogens is 2. The van der Waals surface area contributed by atoms with Crippen LogP contribution in [0.1, 0.15) is 23.1 Å². The molecular weight excluding hydrogens is 268 g/mol. The van der Waals surface area contributed by atoms with E-state index in [-0.39, 0.29) is 5.91 Å². The van der Waals surface area contributed by atoms with E-state index in [0.29, 0.717) is 5.56 Å². The highest BCUT2D eigenvalue weighted by molar-refractivity contribution is 9.10. The van der Waals surface area contributed by atoms with E-state index in [1.807, 2.05) is 19.1 Å². The van der Waals surface area contributed by atoms with Gasteiger partial charge >= 0.3 is 0 Å². The Hall–Kier alpha value is -1.42. The van der Waals surface area contributed by atoms with E-state index >= 15 is 0 Å². The first kappa shape index (κ1) is 11.1. The topological polar surface area (TPSA) is 34.9 Å². The zero-order chi connectivity index (χ0) is 11.5. The lowest BCUT2D eigenvalue weighted by Crippen LogP contribution is -2.13. The van der Waals surface area contributed by atoms with Crippen LogP contribution in [0.15, 0.2) is 41.1 Å². The lowest BCUT2D eigenvalue weighted by molar-refractivity contribution is 0.0956. The normalized spacial score (nSPS) is 10.4. The van der Waals surface area contributed by atoms with Crippen LogP contribution in [-0.2, 0) is 6.42 Å². The SMILES string of the molecule is CCc1nccn1C(=O)c1ccc(Br)cc1. The van der Waals surface area contributed by atoms with Gasteiger partial charge < -0.3 is 0 Å². The lowest BCUT2D eigenvalue weighted by atomic mass is 10.2. The van der Waals surface area contributed by atoms with Gasteiger partial charge in [0.2, 0.25) is 0 Å². The average Bonchev–Trinajstić information content (AvgIpc) is 2.77. The summed E-state index contributed by atoms with van der Waals surface area (Å²) in [7, 11) is 0. The summed E-state index contributed by atoms with van der Waals surface area (Å²) < 4.78 is 2.55. The molecule has 0 spiro atoms. The summed E-state index contributed by atoms with van der Waals surface area (Å²) in [6, 6.07) is 7.31. The van der Waals surface area contributed by atoms with Gasteiger partial charge in [-0.1, -0.05) is 22.9 Å². The number of halogens is 1. The Labute approximate surface area is 102 Å². The molecule has 1 aromatic carbocycles. The van der Waals surface area contributed by atoms with E-state index in [9.17, 15) is 4.79 Å². The largest absolute Gasteiger partial charge is 0.270 e. The van der Waals surface area contributed by atoms with Gasteiger partial charge in [-0.15, -0.1) is 0 Å². The third-order valence-corrected chi connectivity index (χ3v) is 2.87. The maximum Gasteiger partial charge on any atom is 0.263 e. The third kappa shape index (κ3) is 2.07. The minimum absolute atomic E-state index is 0.0400. The number of hydrogen-bond donors (Lipinski definition) is 0. The first-order valence-electron chi connectivity index (χ1n) is 5.05. The van der Waals surface area contributed by atoms with E-state index in [1.54, 1.807) is 29.1 Å². The smallest absolute Gasteiger partial charge is 0.263 e. The van der Waals surface area contributed by atoms with E-state index in [4.69, 9.17) is 0 Å². The molecule has 0 bridgehead atoms. The van der Waals surface area contributed by atoms with Crippen molar-refractivity contribution in [3.8, 4) is 0 Å². The number of carbonyl (C=O) groups excluding carboxylic acids is 1. The number of aryl methyl sites for hydroxylation is 1. The molecule has 2 aromatic rings. The first-order valence-corrected chi connectivity index (χ1v) is 5.84. The molecule has 0 aliphatic rings. The molecule has 0 atom stereocenters. The second-order valence-electron chi connectivity index (χ2n) is 3.38. The Balaban J connectivity index is 2.35. The summed E-state index contributed by atoms with van der Waals surface area (Å²) in [6.45, 7) is 1.98. The number of rotatable bonds is 2. The maximum atomic E-state index is 12.1. The number of carbonyl (C=O) groups is 1. The minimum atomic E-state index is -0.0400. The second kappa shape index (κ2) is 4.61. The predicted octanol–water partition coefficient (Wildman–Crippen LogP) is 2.90. The highest BCUT2D eigenvalue weighted by atomic mass is 79.9. The quantitative estimate of drug-likeness (QED) is 0.847. The summed E-state index contributed by atoms with van der Waals surface area (Å²) in [6.07, 6.45) is 4.09. The summed E-state index contributed by atoms with van der Waals surface area (Å²) in [5.41, 5.74) is 0.663. The number of imidazole rings is 1. The predicted molar refractivity (Wildman–Crippen MR) is 65.5 cm³/mol. The molecule has 0 fully saturated rings. The molecule has 16 heavy (non-hydrogen) atoms. The molecule has 0 unspecified atom stereocenters. The summed E-state index contributed by atoms with van der Waals surface area (Å²) in [4.78, 5) is 16.2. The lowest BCUT2D eigenvalue weighted by Gasteiger charge is -2.04. The van der Waals surface area contributed by atoms with Crippen molar-refractivity contribution >= 4 is 21.8 Å². The Morgan fingerprint density at radius 2 is 2.06 bits per heavy atom. The highest BCUT2D eigenvalue weighted by Crippen LogP contribution is 2.12. The highest BCUT2D eigenvalue weighted by Gasteiger charge is 2.11. The monoisotopic (exact) mass is 278 g/mol. The van der Waals surface area contributed by atoms with E-state index < -0.39 is 0 Å². The first-order chi connectivity index (χ1) is 7.72. The molecule has 4 heteroatoms. The molecule has 2 rings (SSSR count). The van der Waals surface area contributed by atoms with Crippen molar-refractivity contribution in [2.75, 3.05) is 0 Å². The van der Waals surface area contributed by atoms with Gasteiger partial charge in [0.1, 0.15) is 5.82 Å².